The van der Waals surface area contributed by atoms with E-state index in [2.05, 4.69) is 26.6 Å². The molecule has 148 valence electrons. The number of nitro benzene ring substituents is 1. The molecular weight excluding hydrogens is 428 g/mol. The summed E-state index contributed by atoms with van der Waals surface area (Å²) < 4.78 is 0.927. The normalized spacial score (nSPS) is 11.8. The number of non-ortho nitro benzene ring substituents is 1. The van der Waals surface area contributed by atoms with Gasteiger partial charge in [0.1, 0.15) is 0 Å². The van der Waals surface area contributed by atoms with E-state index >= 15 is 0 Å². The molecule has 0 aliphatic rings. The van der Waals surface area contributed by atoms with Gasteiger partial charge in [-0.15, -0.1) is 0 Å². The lowest BCUT2D eigenvalue weighted by atomic mass is 10.2. The second-order valence-corrected chi connectivity index (χ2v) is 7.31. The zero-order valence-corrected chi connectivity index (χ0v) is 17.3. The van der Waals surface area contributed by atoms with Gasteiger partial charge in [-0.05, 0) is 56.8 Å². The Kier molecular flexibility index (Phi) is 7.24. The molecule has 9 heteroatoms. The lowest BCUT2D eigenvalue weighted by Gasteiger charge is -2.23. The number of nitro groups is 1. The van der Waals surface area contributed by atoms with Gasteiger partial charge in [-0.25, -0.2) is 0 Å². The summed E-state index contributed by atoms with van der Waals surface area (Å²) in [7, 11) is 1.67. The summed E-state index contributed by atoms with van der Waals surface area (Å²) >= 11 is 3.38. The second kappa shape index (κ2) is 9.43. The van der Waals surface area contributed by atoms with Crippen molar-refractivity contribution in [2.45, 2.75) is 19.9 Å². The quantitative estimate of drug-likeness (QED) is 0.497. The van der Waals surface area contributed by atoms with Crippen LogP contribution in [0.3, 0.4) is 0 Å². The molecule has 0 heterocycles. The van der Waals surface area contributed by atoms with Crippen molar-refractivity contribution < 1.29 is 14.5 Å². The first-order valence-corrected chi connectivity index (χ1v) is 9.28. The topological polar surface area (TPSA) is 105 Å². The zero-order valence-electron chi connectivity index (χ0n) is 15.7. The molecule has 0 spiro atoms. The largest absolute Gasteiger partial charge is 0.325 e. The van der Waals surface area contributed by atoms with Crippen LogP contribution in [0.1, 0.15) is 12.5 Å². The van der Waals surface area contributed by atoms with Gasteiger partial charge in [-0.1, -0.05) is 15.9 Å². The van der Waals surface area contributed by atoms with Gasteiger partial charge >= 0.3 is 0 Å². The minimum absolute atomic E-state index is 0.0321. The monoisotopic (exact) mass is 448 g/mol. The van der Waals surface area contributed by atoms with Crippen molar-refractivity contribution in [1.29, 1.82) is 0 Å². The molecule has 0 fully saturated rings. The van der Waals surface area contributed by atoms with Crippen LogP contribution in [0.25, 0.3) is 0 Å². The Balaban J connectivity index is 1.91. The first-order valence-electron chi connectivity index (χ1n) is 8.49. The number of rotatable bonds is 7. The number of hydrogen-bond acceptors (Lipinski definition) is 5. The molecule has 0 saturated carbocycles. The predicted octanol–water partition coefficient (Wildman–Crippen LogP) is 3.56. The minimum atomic E-state index is -0.577. The average Bonchev–Trinajstić information content (AvgIpc) is 2.63. The Labute approximate surface area is 171 Å². The van der Waals surface area contributed by atoms with E-state index in [4.69, 9.17) is 0 Å². The molecule has 0 aliphatic heterocycles. The highest BCUT2D eigenvalue weighted by Gasteiger charge is 2.20. The van der Waals surface area contributed by atoms with Crippen LogP contribution >= 0.6 is 15.9 Å². The number of nitrogens with one attached hydrogen (secondary N) is 2. The highest BCUT2D eigenvalue weighted by atomic mass is 79.9. The van der Waals surface area contributed by atoms with Crippen LogP contribution in [0.15, 0.2) is 46.9 Å². The molecule has 1 atom stereocenters. The fourth-order valence-corrected chi connectivity index (χ4v) is 2.91. The number of carbonyl (C=O) groups is 2. The fourth-order valence-electron chi connectivity index (χ4n) is 2.43. The van der Waals surface area contributed by atoms with Crippen molar-refractivity contribution in [2.75, 3.05) is 24.2 Å². The number of hydrogen-bond donors (Lipinski definition) is 2. The average molecular weight is 449 g/mol. The molecule has 0 bridgehead atoms. The van der Waals surface area contributed by atoms with E-state index in [-0.39, 0.29) is 24.0 Å². The van der Waals surface area contributed by atoms with E-state index in [1.807, 2.05) is 25.1 Å². The van der Waals surface area contributed by atoms with Gasteiger partial charge in [-0.3, -0.25) is 24.6 Å². The number of carbonyl (C=O) groups excluding carboxylic acids is 2. The van der Waals surface area contributed by atoms with Crippen molar-refractivity contribution in [1.82, 2.24) is 4.90 Å². The molecule has 2 amide bonds. The van der Waals surface area contributed by atoms with Gasteiger partial charge in [-0.2, -0.15) is 0 Å². The van der Waals surface area contributed by atoms with E-state index in [1.54, 1.807) is 18.9 Å². The van der Waals surface area contributed by atoms with Crippen molar-refractivity contribution in [3.05, 3.63) is 62.6 Å². The van der Waals surface area contributed by atoms with Gasteiger partial charge in [0.25, 0.3) is 5.69 Å². The smallest absolute Gasteiger partial charge is 0.269 e. The molecular formula is C19H21BrN4O4. The van der Waals surface area contributed by atoms with Gasteiger partial charge in [0.15, 0.2) is 0 Å². The molecule has 8 nitrogen and oxygen atoms in total. The molecule has 0 saturated heterocycles. The van der Waals surface area contributed by atoms with Gasteiger partial charge in [0.05, 0.1) is 17.5 Å². The number of likely N-dealkylation sites (N-methyl/N-ethyl adjacent to an activating group) is 1. The summed E-state index contributed by atoms with van der Waals surface area (Å²) in [5.74, 6) is -0.549. The maximum absolute atomic E-state index is 12.4. The van der Waals surface area contributed by atoms with E-state index in [9.17, 15) is 19.7 Å². The Morgan fingerprint density at radius 3 is 2.39 bits per heavy atom. The van der Waals surface area contributed by atoms with E-state index in [1.165, 1.54) is 24.3 Å². The Morgan fingerprint density at radius 2 is 1.82 bits per heavy atom. The molecule has 0 aromatic heterocycles. The highest BCUT2D eigenvalue weighted by Crippen LogP contribution is 2.20. The predicted molar refractivity (Wildman–Crippen MR) is 111 cm³/mol. The second-order valence-electron chi connectivity index (χ2n) is 6.39. The maximum atomic E-state index is 12.4. The number of nitrogens with zero attached hydrogens (tertiary/aromatic N) is 2. The fraction of sp³-hybridized carbons (Fsp3) is 0.263. The molecule has 28 heavy (non-hydrogen) atoms. The maximum Gasteiger partial charge on any atom is 0.269 e. The summed E-state index contributed by atoms with van der Waals surface area (Å²) in [6, 6.07) is 10.5. The molecule has 0 aliphatic carbocycles. The number of amides is 2. The van der Waals surface area contributed by atoms with E-state index in [0.29, 0.717) is 11.4 Å². The van der Waals surface area contributed by atoms with Crippen molar-refractivity contribution in [3.63, 3.8) is 0 Å². The van der Waals surface area contributed by atoms with Crippen molar-refractivity contribution in [3.8, 4) is 0 Å². The Morgan fingerprint density at radius 1 is 1.18 bits per heavy atom. The molecule has 2 aromatic rings. The Bertz CT molecular complexity index is 886. The number of halogens is 1. The molecule has 2 aromatic carbocycles. The molecule has 2 N–H and O–H groups in total. The van der Waals surface area contributed by atoms with Crippen LogP contribution < -0.4 is 10.6 Å². The number of anilines is 2. The SMILES string of the molecule is Cc1cc(Br)ccc1NC(=O)CN(C)C(C)C(=O)Nc1ccc([N+](=O)[O-])cc1. The van der Waals surface area contributed by atoms with Crippen LogP contribution in [0, 0.1) is 17.0 Å². The third kappa shape index (κ3) is 5.86. The number of benzene rings is 2. The molecule has 0 radical (unpaired) electrons. The highest BCUT2D eigenvalue weighted by molar-refractivity contribution is 9.10. The number of aryl methyl sites for hydroxylation is 1. The minimum Gasteiger partial charge on any atom is -0.325 e. The van der Waals surface area contributed by atoms with E-state index in [0.717, 1.165) is 10.0 Å². The van der Waals surface area contributed by atoms with E-state index < -0.39 is 11.0 Å². The third-order valence-electron chi connectivity index (χ3n) is 4.24. The van der Waals surface area contributed by atoms with Gasteiger partial charge < -0.3 is 10.6 Å². The summed E-state index contributed by atoms with van der Waals surface area (Å²) in [6.07, 6.45) is 0. The summed E-state index contributed by atoms with van der Waals surface area (Å²) in [5.41, 5.74) is 2.03. The van der Waals surface area contributed by atoms with Crippen molar-refractivity contribution in [2.24, 2.45) is 0 Å². The van der Waals surface area contributed by atoms with Crippen LogP contribution in [0.4, 0.5) is 17.1 Å². The van der Waals surface area contributed by atoms with Crippen LogP contribution in [0.5, 0.6) is 0 Å². The summed E-state index contributed by atoms with van der Waals surface area (Å²) in [5, 5.41) is 16.2. The zero-order chi connectivity index (χ0) is 20.8. The van der Waals surface area contributed by atoms with Gasteiger partial charge in [0.2, 0.25) is 11.8 Å². The summed E-state index contributed by atoms with van der Waals surface area (Å²) in [4.78, 5) is 36.5. The summed E-state index contributed by atoms with van der Waals surface area (Å²) in [6.45, 7) is 3.60. The lowest BCUT2D eigenvalue weighted by molar-refractivity contribution is -0.384. The molecule has 2 rings (SSSR count). The standard InChI is InChI=1S/C19H21BrN4O4/c1-12-10-14(20)4-9-17(12)22-18(25)11-23(3)13(2)19(26)21-15-5-7-16(8-6-15)24(27)28/h4-10,13H,11H2,1-3H3,(H,21,26)(H,22,25). The van der Waals surface area contributed by atoms with Crippen LogP contribution in [-0.4, -0.2) is 41.3 Å². The Hall–Kier alpha value is -2.78. The lowest BCUT2D eigenvalue weighted by Crippen LogP contribution is -2.43. The van der Waals surface area contributed by atoms with Crippen LogP contribution in [-0.2, 0) is 9.59 Å². The van der Waals surface area contributed by atoms with Crippen molar-refractivity contribution >= 4 is 44.8 Å². The third-order valence-corrected chi connectivity index (χ3v) is 4.74. The van der Waals surface area contributed by atoms with Crippen LogP contribution in [0.2, 0.25) is 0 Å². The first-order chi connectivity index (χ1) is 13.2. The van der Waals surface area contributed by atoms with Gasteiger partial charge in [0, 0.05) is 28.0 Å². The molecule has 1 unspecified atom stereocenters. The first kappa shape index (κ1) is 21.5.